The first-order valence-corrected chi connectivity index (χ1v) is 15.1. The highest BCUT2D eigenvalue weighted by molar-refractivity contribution is 7.99. The van der Waals surface area contributed by atoms with E-state index in [1.807, 2.05) is 80.1 Å². The average molecular weight is 568 g/mol. The number of amides is 1. The number of nitrogens with zero attached hydrogens (tertiary/aromatic N) is 3. The summed E-state index contributed by atoms with van der Waals surface area (Å²) in [6.07, 6.45) is 2.21. The lowest BCUT2D eigenvalue weighted by atomic mass is 9.94. The van der Waals surface area contributed by atoms with Crippen LogP contribution in [-0.4, -0.2) is 26.4 Å². The fraction of sp³-hybridized carbons (Fsp3) is 0.303. The Bertz CT molecular complexity index is 1570. The van der Waals surface area contributed by atoms with Gasteiger partial charge in [0.1, 0.15) is 18.4 Å². The van der Waals surface area contributed by atoms with Crippen LogP contribution in [0.15, 0.2) is 83.2 Å². The van der Waals surface area contributed by atoms with Crippen LogP contribution in [0, 0.1) is 20.8 Å². The number of allylic oxidation sites excluding steroid dienone is 1. The molecule has 7 nitrogen and oxygen atoms in total. The number of fused-ring (bicyclic) bond motifs is 1. The van der Waals surface area contributed by atoms with E-state index in [0.29, 0.717) is 23.3 Å². The molecule has 212 valence electrons. The molecular weight excluding hydrogens is 530 g/mol. The predicted molar refractivity (Wildman–Crippen MR) is 167 cm³/mol. The second-order valence-corrected chi connectivity index (χ2v) is 11.5. The Balaban J connectivity index is 1.46. The molecule has 0 bridgehead atoms. The Labute approximate surface area is 246 Å². The molecule has 0 spiro atoms. The van der Waals surface area contributed by atoms with Crippen molar-refractivity contribution in [2.45, 2.75) is 65.3 Å². The largest absolute Gasteiger partial charge is 0.489 e. The lowest BCUT2D eigenvalue weighted by Gasteiger charge is -2.29. The summed E-state index contributed by atoms with van der Waals surface area (Å²) in [4.78, 5) is 18.7. The highest BCUT2D eigenvalue weighted by atomic mass is 32.2. The van der Waals surface area contributed by atoms with Crippen LogP contribution in [0.1, 0.15) is 60.5 Å². The maximum atomic E-state index is 13.9. The van der Waals surface area contributed by atoms with Gasteiger partial charge in [0.2, 0.25) is 11.1 Å². The summed E-state index contributed by atoms with van der Waals surface area (Å²) in [5.74, 6) is 2.18. The van der Waals surface area contributed by atoms with Crippen molar-refractivity contribution in [3.63, 3.8) is 0 Å². The number of anilines is 2. The van der Waals surface area contributed by atoms with Gasteiger partial charge in [-0.25, -0.2) is 4.68 Å². The van der Waals surface area contributed by atoms with E-state index in [2.05, 4.69) is 36.6 Å². The summed E-state index contributed by atoms with van der Waals surface area (Å²) < 4.78 is 7.94. The standard InChI is InChI=1S/C33H37N5O2S/c1-6-7-19-41-33-36-32-34-24(5)29(31(39)35-28-14-10-12-21(2)23(28)4)30(38(32)37-33)25-15-17-27(18-16-25)40-20-26-13-9-8-11-22(26)3/h8-18,30H,6-7,19-20H2,1-5H3,(H,35,39)(H,34,36,37). The van der Waals surface area contributed by atoms with Crippen LogP contribution in [0.25, 0.3) is 0 Å². The molecule has 1 atom stereocenters. The van der Waals surface area contributed by atoms with Crippen molar-refractivity contribution in [3.05, 3.63) is 106 Å². The van der Waals surface area contributed by atoms with Crippen LogP contribution < -0.4 is 15.4 Å². The third kappa shape index (κ3) is 6.33. The number of carbonyl (C=O) groups is 1. The third-order valence-corrected chi connectivity index (χ3v) is 8.44. The van der Waals surface area contributed by atoms with Gasteiger partial charge >= 0.3 is 0 Å². The Morgan fingerprint density at radius 2 is 1.76 bits per heavy atom. The topological polar surface area (TPSA) is 81.1 Å². The first-order valence-electron chi connectivity index (χ1n) is 14.1. The van der Waals surface area contributed by atoms with Gasteiger partial charge in [-0.1, -0.05) is 73.6 Å². The number of hydrogen-bond donors (Lipinski definition) is 2. The number of hydrogen-bond acceptors (Lipinski definition) is 6. The highest BCUT2D eigenvalue weighted by Gasteiger charge is 2.34. The Morgan fingerprint density at radius 1 is 1.00 bits per heavy atom. The second-order valence-electron chi connectivity index (χ2n) is 10.4. The molecule has 1 amide bonds. The maximum Gasteiger partial charge on any atom is 0.255 e. The molecule has 5 rings (SSSR count). The third-order valence-electron chi connectivity index (χ3n) is 7.51. The molecule has 1 unspecified atom stereocenters. The van der Waals surface area contributed by atoms with Crippen LogP contribution in [0.2, 0.25) is 0 Å². The van der Waals surface area contributed by atoms with E-state index in [-0.39, 0.29) is 5.91 Å². The molecule has 0 saturated carbocycles. The summed E-state index contributed by atoms with van der Waals surface area (Å²) in [5.41, 5.74) is 7.60. The number of aromatic nitrogens is 3. The minimum atomic E-state index is -0.449. The van der Waals surface area contributed by atoms with Gasteiger partial charge in [0.15, 0.2) is 0 Å². The van der Waals surface area contributed by atoms with E-state index in [4.69, 9.17) is 14.8 Å². The monoisotopic (exact) mass is 567 g/mol. The van der Waals surface area contributed by atoms with Crippen molar-refractivity contribution in [1.82, 2.24) is 14.8 Å². The van der Waals surface area contributed by atoms with E-state index in [0.717, 1.165) is 58.0 Å². The number of ether oxygens (including phenoxy) is 1. The van der Waals surface area contributed by atoms with Crippen molar-refractivity contribution < 1.29 is 9.53 Å². The van der Waals surface area contributed by atoms with Crippen LogP contribution in [0.4, 0.5) is 11.6 Å². The van der Waals surface area contributed by atoms with Crippen molar-refractivity contribution >= 4 is 29.3 Å². The van der Waals surface area contributed by atoms with Gasteiger partial charge in [0.25, 0.3) is 5.91 Å². The quantitative estimate of drug-likeness (QED) is 0.152. The maximum absolute atomic E-state index is 13.9. The van der Waals surface area contributed by atoms with E-state index in [1.54, 1.807) is 11.8 Å². The molecule has 0 radical (unpaired) electrons. The zero-order chi connectivity index (χ0) is 28.9. The predicted octanol–water partition coefficient (Wildman–Crippen LogP) is 7.60. The van der Waals surface area contributed by atoms with Crippen LogP contribution in [0.5, 0.6) is 5.75 Å². The highest BCUT2D eigenvalue weighted by Crippen LogP contribution is 2.37. The molecule has 0 aliphatic carbocycles. The molecule has 2 heterocycles. The summed E-state index contributed by atoms with van der Waals surface area (Å²) in [5, 5.41) is 12.1. The number of rotatable bonds is 10. The van der Waals surface area contributed by atoms with Gasteiger partial charge < -0.3 is 15.4 Å². The number of benzene rings is 3. The van der Waals surface area contributed by atoms with Gasteiger partial charge in [-0.3, -0.25) is 4.79 Å². The molecule has 8 heteroatoms. The summed E-state index contributed by atoms with van der Waals surface area (Å²) >= 11 is 1.64. The molecule has 1 aliphatic heterocycles. The normalized spacial score (nSPS) is 14.4. The molecule has 0 saturated heterocycles. The van der Waals surface area contributed by atoms with Gasteiger partial charge in [-0.2, -0.15) is 4.98 Å². The summed E-state index contributed by atoms with van der Waals surface area (Å²) in [7, 11) is 0. The molecule has 1 aromatic heterocycles. The molecule has 41 heavy (non-hydrogen) atoms. The fourth-order valence-corrected chi connectivity index (χ4v) is 5.77. The van der Waals surface area contributed by atoms with Gasteiger partial charge in [0.05, 0.1) is 5.57 Å². The van der Waals surface area contributed by atoms with Crippen LogP contribution in [-0.2, 0) is 11.4 Å². The fourth-order valence-electron chi connectivity index (χ4n) is 4.86. The van der Waals surface area contributed by atoms with Crippen molar-refractivity contribution in [2.24, 2.45) is 0 Å². The molecule has 2 N–H and O–H groups in total. The Hall–Kier alpha value is -4.04. The van der Waals surface area contributed by atoms with Gasteiger partial charge in [0, 0.05) is 17.1 Å². The van der Waals surface area contributed by atoms with E-state index < -0.39 is 6.04 Å². The SMILES string of the molecule is CCCCSc1nc2n(n1)C(c1ccc(OCc3ccccc3C)cc1)C(C(=O)Nc1cccc(C)c1C)=C(C)N2. The average Bonchev–Trinajstić information content (AvgIpc) is 3.37. The number of nitrogens with one attached hydrogen (secondary N) is 2. The zero-order valence-corrected chi connectivity index (χ0v) is 25.1. The summed E-state index contributed by atoms with van der Waals surface area (Å²) in [6, 6.07) is 21.6. The van der Waals surface area contributed by atoms with Crippen LogP contribution >= 0.6 is 11.8 Å². The molecule has 4 aromatic rings. The smallest absolute Gasteiger partial charge is 0.255 e. The van der Waals surface area contributed by atoms with E-state index in [9.17, 15) is 4.79 Å². The second kappa shape index (κ2) is 12.6. The first kappa shape index (κ1) is 28.5. The van der Waals surface area contributed by atoms with E-state index >= 15 is 0 Å². The van der Waals surface area contributed by atoms with E-state index in [1.165, 1.54) is 5.56 Å². The van der Waals surface area contributed by atoms with Crippen molar-refractivity contribution in [1.29, 1.82) is 0 Å². The molecule has 3 aromatic carbocycles. The molecule has 0 fully saturated rings. The Kier molecular flexibility index (Phi) is 8.78. The van der Waals surface area contributed by atoms with Gasteiger partial charge in [-0.15, -0.1) is 5.10 Å². The number of unbranched alkanes of at least 4 members (excludes halogenated alkanes) is 1. The minimum absolute atomic E-state index is 0.171. The van der Waals surface area contributed by atoms with Gasteiger partial charge in [-0.05, 0) is 80.1 Å². The lowest BCUT2D eigenvalue weighted by Crippen LogP contribution is -2.31. The lowest BCUT2D eigenvalue weighted by molar-refractivity contribution is -0.113. The van der Waals surface area contributed by atoms with Crippen molar-refractivity contribution in [2.75, 3.05) is 16.4 Å². The first-order chi connectivity index (χ1) is 19.9. The van der Waals surface area contributed by atoms with Crippen molar-refractivity contribution in [3.8, 4) is 5.75 Å². The number of aryl methyl sites for hydroxylation is 2. The molecule has 1 aliphatic rings. The zero-order valence-electron chi connectivity index (χ0n) is 24.3. The Morgan fingerprint density at radius 3 is 2.51 bits per heavy atom. The summed E-state index contributed by atoms with van der Waals surface area (Å²) in [6.45, 7) is 10.7. The number of carbonyl (C=O) groups excluding carboxylic acids is 1. The molecular formula is C33H37N5O2S. The van der Waals surface area contributed by atoms with Crippen LogP contribution in [0.3, 0.4) is 0 Å². The minimum Gasteiger partial charge on any atom is -0.489 e. The number of thioether (sulfide) groups is 1.